The van der Waals surface area contributed by atoms with E-state index in [0.29, 0.717) is 29.1 Å². The maximum atomic E-state index is 11.8. The number of allylic oxidation sites excluding steroid dienone is 3. The van der Waals surface area contributed by atoms with Gasteiger partial charge in [0.1, 0.15) is 22.8 Å². The summed E-state index contributed by atoms with van der Waals surface area (Å²) in [5.74, 6) is 0.0890. The number of hydrogen-bond acceptors (Lipinski definition) is 3. The highest BCUT2D eigenvalue weighted by atomic mass is 16.5. The van der Waals surface area contributed by atoms with Crippen LogP contribution in [0.25, 0.3) is 0 Å². The minimum absolute atomic E-state index is 0.0290. The third-order valence-electron chi connectivity index (χ3n) is 5.38. The van der Waals surface area contributed by atoms with Crippen molar-refractivity contribution in [2.45, 2.75) is 58.3 Å². The van der Waals surface area contributed by atoms with Gasteiger partial charge in [0.25, 0.3) is 0 Å². The summed E-state index contributed by atoms with van der Waals surface area (Å²) >= 11 is 0. The highest BCUT2D eigenvalue weighted by Gasteiger charge is 2.38. The van der Waals surface area contributed by atoms with E-state index in [9.17, 15) is 15.0 Å². The molecule has 2 atom stereocenters. The van der Waals surface area contributed by atoms with Gasteiger partial charge in [-0.05, 0) is 44.2 Å². The van der Waals surface area contributed by atoms with E-state index in [2.05, 4.69) is 26.5 Å². The van der Waals surface area contributed by atoms with E-state index in [4.69, 9.17) is 4.74 Å². The summed E-state index contributed by atoms with van der Waals surface area (Å²) in [5.41, 5.74) is 2.53. The SMILES string of the molecule is C=C1Oc2cc(CCCCC)c(C(=O)O)c(O)c2[C@H]2C=C(C)CCC12. The molecule has 0 amide bonds. The Labute approximate surface area is 148 Å². The van der Waals surface area contributed by atoms with Crippen LogP contribution in [-0.4, -0.2) is 16.2 Å². The summed E-state index contributed by atoms with van der Waals surface area (Å²) in [4.78, 5) is 11.8. The number of carboxylic acid groups (broad SMARTS) is 1. The number of aromatic hydroxyl groups is 1. The van der Waals surface area contributed by atoms with Gasteiger partial charge in [0.15, 0.2) is 0 Å². The second-order valence-electron chi connectivity index (χ2n) is 7.19. The Balaban J connectivity index is 2.12. The molecule has 0 saturated heterocycles. The summed E-state index contributed by atoms with van der Waals surface area (Å²) in [5, 5.41) is 20.5. The lowest BCUT2D eigenvalue weighted by Crippen LogP contribution is -2.26. The van der Waals surface area contributed by atoms with Crippen molar-refractivity contribution < 1.29 is 19.7 Å². The molecule has 2 aliphatic rings. The second-order valence-corrected chi connectivity index (χ2v) is 7.19. The number of ether oxygens (including phenoxy) is 1. The van der Waals surface area contributed by atoms with E-state index >= 15 is 0 Å². The van der Waals surface area contributed by atoms with Crippen LogP contribution in [0.2, 0.25) is 0 Å². The number of phenols is 1. The molecule has 1 aliphatic carbocycles. The Kier molecular flexibility index (Phi) is 4.89. The maximum Gasteiger partial charge on any atom is 0.339 e. The molecule has 0 spiro atoms. The first-order chi connectivity index (χ1) is 11.9. The van der Waals surface area contributed by atoms with Crippen molar-refractivity contribution in [3.63, 3.8) is 0 Å². The molecule has 2 N–H and O–H groups in total. The molecule has 1 unspecified atom stereocenters. The van der Waals surface area contributed by atoms with E-state index in [-0.39, 0.29) is 23.1 Å². The monoisotopic (exact) mass is 342 g/mol. The van der Waals surface area contributed by atoms with Crippen molar-refractivity contribution in [2.24, 2.45) is 5.92 Å². The zero-order valence-corrected chi connectivity index (χ0v) is 15.0. The summed E-state index contributed by atoms with van der Waals surface area (Å²) in [6.07, 6.45) is 7.60. The predicted molar refractivity (Wildman–Crippen MR) is 97.3 cm³/mol. The lowest BCUT2D eigenvalue weighted by atomic mass is 9.73. The number of aryl methyl sites for hydroxylation is 1. The van der Waals surface area contributed by atoms with Gasteiger partial charge in [-0.15, -0.1) is 0 Å². The topological polar surface area (TPSA) is 66.8 Å². The standard InChI is InChI=1S/C21H26O4/c1-4-5-6-7-14-11-17-19(20(22)18(14)21(23)24)16-10-12(2)8-9-15(16)13(3)25-17/h10-11,15-16,22H,3-9H2,1-2H3,(H,23,24)/t15?,16-/m0/s1. The first kappa shape index (κ1) is 17.6. The molecule has 134 valence electrons. The van der Waals surface area contributed by atoms with Crippen molar-refractivity contribution >= 4 is 5.97 Å². The normalized spacial score (nSPS) is 21.8. The minimum atomic E-state index is -1.08. The van der Waals surface area contributed by atoms with Crippen LogP contribution in [0.4, 0.5) is 0 Å². The molecule has 4 nitrogen and oxygen atoms in total. The van der Waals surface area contributed by atoms with Crippen LogP contribution in [0.3, 0.4) is 0 Å². The lowest BCUT2D eigenvalue weighted by molar-refractivity contribution is 0.0692. The Bertz CT molecular complexity index is 745. The molecule has 1 aromatic carbocycles. The van der Waals surface area contributed by atoms with Gasteiger partial charge in [-0.2, -0.15) is 0 Å². The summed E-state index contributed by atoms with van der Waals surface area (Å²) < 4.78 is 5.92. The maximum absolute atomic E-state index is 11.8. The van der Waals surface area contributed by atoms with E-state index in [0.717, 1.165) is 32.1 Å². The molecular weight excluding hydrogens is 316 g/mol. The van der Waals surface area contributed by atoms with Gasteiger partial charge in [-0.25, -0.2) is 4.79 Å². The zero-order valence-electron chi connectivity index (χ0n) is 15.0. The third kappa shape index (κ3) is 3.17. The number of fused-ring (bicyclic) bond motifs is 3. The Morgan fingerprint density at radius 1 is 1.40 bits per heavy atom. The number of unbranched alkanes of at least 4 members (excludes halogenated alkanes) is 2. The van der Waals surface area contributed by atoms with Crippen LogP contribution >= 0.6 is 0 Å². The molecule has 0 saturated carbocycles. The Hall–Kier alpha value is -2.23. The van der Waals surface area contributed by atoms with E-state index in [1.54, 1.807) is 6.07 Å². The average Bonchev–Trinajstić information content (AvgIpc) is 2.54. The van der Waals surface area contributed by atoms with Gasteiger partial charge in [-0.1, -0.05) is 38.0 Å². The number of aromatic carboxylic acids is 1. The highest BCUT2D eigenvalue weighted by molar-refractivity contribution is 5.94. The Morgan fingerprint density at radius 2 is 2.16 bits per heavy atom. The van der Waals surface area contributed by atoms with E-state index < -0.39 is 5.97 Å². The van der Waals surface area contributed by atoms with E-state index in [1.165, 1.54) is 5.57 Å². The summed E-state index contributed by atoms with van der Waals surface area (Å²) in [7, 11) is 0. The van der Waals surface area contributed by atoms with Crippen LogP contribution in [0.1, 0.15) is 73.4 Å². The van der Waals surface area contributed by atoms with Crippen molar-refractivity contribution in [1.29, 1.82) is 0 Å². The molecule has 3 rings (SSSR count). The lowest BCUT2D eigenvalue weighted by Gasteiger charge is -2.37. The summed E-state index contributed by atoms with van der Waals surface area (Å²) in [6, 6.07) is 1.80. The highest BCUT2D eigenvalue weighted by Crippen LogP contribution is 2.52. The molecule has 1 heterocycles. The zero-order chi connectivity index (χ0) is 18.1. The van der Waals surface area contributed by atoms with Crippen LogP contribution in [0.15, 0.2) is 30.1 Å². The molecule has 0 fully saturated rings. The molecule has 0 bridgehead atoms. The quantitative estimate of drug-likeness (QED) is 0.572. The van der Waals surface area contributed by atoms with Gasteiger partial charge in [-0.3, -0.25) is 0 Å². The molecular formula is C21H26O4. The summed E-state index contributed by atoms with van der Waals surface area (Å²) in [6.45, 7) is 8.24. The van der Waals surface area contributed by atoms with Crippen LogP contribution in [0, 0.1) is 5.92 Å². The third-order valence-corrected chi connectivity index (χ3v) is 5.38. The van der Waals surface area contributed by atoms with Crippen molar-refractivity contribution in [3.8, 4) is 11.5 Å². The van der Waals surface area contributed by atoms with Crippen molar-refractivity contribution in [3.05, 3.63) is 46.7 Å². The molecule has 4 heteroatoms. The van der Waals surface area contributed by atoms with Crippen LogP contribution in [-0.2, 0) is 6.42 Å². The molecule has 1 aliphatic heterocycles. The average molecular weight is 342 g/mol. The van der Waals surface area contributed by atoms with Crippen molar-refractivity contribution in [1.82, 2.24) is 0 Å². The van der Waals surface area contributed by atoms with Gasteiger partial charge in [0.05, 0.1) is 0 Å². The molecule has 1 aromatic rings. The number of carbonyl (C=O) groups is 1. The number of benzene rings is 1. The number of hydrogen-bond donors (Lipinski definition) is 2. The smallest absolute Gasteiger partial charge is 0.339 e. The first-order valence-electron chi connectivity index (χ1n) is 9.10. The molecule has 0 aromatic heterocycles. The second kappa shape index (κ2) is 6.95. The largest absolute Gasteiger partial charge is 0.507 e. The molecule has 0 radical (unpaired) electrons. The first-order valence-corrected chi connectivity index (χ1v) is 9.10. The fourth-order valence-electron chi connectivity index (χ4n) is 4.05. The van der Waals surface area contributed by atoms with Crippen LogP contribution < -0.4 is 4.74 Å². The molecule has 25 heavy (non-hydrogen) atoms. The predicted octanol–water partition coefficient (Wildman–Crippen LogP) is 5.17. The number of rotatable bonds is 5. The number of carboxylic acids is 1. The van der Waals surface area contributed by atoms with E-state index in [1.807, 2.05) is 0 Å². The minimum Gasteiger partial charge on any atom is -0.507 e. The fourth-order valence-corrected chi connectivity index (χ4v) is 4.05. The van der Waals surface area contributed by atoms with Gasteiger partial charge in [0, 0.05) is 17.4 Å². The van der Waals surface area contributed by atoms with Gasteiger partial charge < -0.3 is 14.9 Å². The van der Waals surface area contributed by atoms with Gasteiger partial charge in [0.2, 0.25) is 0 Å². The van der Waals surface area contributed by atoms with Gasteiger partial charge >= 0.3 is 5.97 Å². The van der Waals surface area contributed by atoms with Crippen LogP contribution in [0.5, 0.6) is 11.5 Å². The fraction of sp³-hybridized carbons (Fsp3) is 0.476. The van der Waals surface area contributed by atoms with Crippen molar-refractivity contribution in [2.75, 3.05) is 0 Å². The Morgan fingerprint density at radius 3 is 2.84 bits per heavy atom.